The highest BCUT2D eigenvalue weighted by atomic mass is 16.2. The Morgan fingerprint density at radius 3 is 2.52 bits per heavy atom. The largest absolute Gasteiger partial charge is 0.382 e. The zero-order valence-electron chi connectivity index (χ0n) is 14.9. The molecule has 1 saturated heterocycles. The molecule has 1 aromatic carbocycles. The second kappa shape index (κ2) is 7.82. The minimum absolute atomic E-state index is 0.152. The summed E-state index contributed by atoms with van der Waals surface area (Å²) < 4.78 is 0. The number of likely N-dealkylation sites (tertiary alicyclic amines) is 1. The van der Waals surface area contributed by atoms with Gasteiger partial charge in [0.25, 0.3) is 5.91 Å². The molecular formula is C19H31N3O. The SMILES string of the molecule is Cc1c(NC(C)C(C)C)cccc1C(=O)N1CCC(CN)CC1. The first-order chi connectivity index (χ1) is 10.9. The Bertz CT molecular complexity index is 533. The lowest BCUT2D eigenvalue weighted by Crippen LogP contribution is -2.40. The lowest BCUT2D eigenvalue weighted by Gasteiger charge is -2.32. The molecule has 4 heteroatoms. The second-order valence-corrected chi connectivity index (χ2v) is 7.13. The number of nitrogens with zero attached hydrogens (tertiary/aromatic N) is 1. The molecule has 0 radical (unpaired) electrons. The summed E-state index contributed by atoms with van der Waals surface area (Å²) in [5, 5.41) is 3.54. The molecule has 4 nitrogen and oxygen atoms in total. The molecular weight excluding hydrogens is 286 g/mol. The molecule has 1 unspecified atom stereocenters. The van der Waals surface area contributed by atoms with Gasteiger partial charge in [-0.15, -0.1) is 0 Å². The molecule has 3 N–H and O–H groups in total. The number of hydrogen-bond donors (Lipinski definition) is 2. The van der Waals surface area contributed by atoms with Crippen LogP contribution in [-0.4, -0.2) is 36.5 Å². The van der Waals surface area contributed by atoms with Crippen LogP contribution in [0.4, 0.5) is 5.69 Å². The monoisotopic (exact) mass is 317 g/mol. The number of nitrogens with one attached hydrogen (secondary N) is 1. The highest BCUT2D eigenvalue weighted by molar-refractivity contribution is 5.97. The molecule has 0 bridgehead atoms. The maximum absolute atomic E-state index is 12.9. The summed E-state index contributed by atoms with van der Waals surface area (Å²) in [6.07, 6.45) is 2.03. The van der Waals surface area contributed by atoms with Crippen molar-refractivity contribution in [2.24, 2.45) is 17.6 Å². The predicted octanol–water partition coefficient (Wildman–Crippen LogP) is 3.26. The Morgan fingerprint density at radius 2 is 1.96 bits per heavy atom. The summed E-state index contributed by atoms with van der Waals surface area (Å²) in [7, 11) is 0. The van der Waals surface area contributed by atoms with Crippen LogP contribution in [0.2, 0.25) is 0 Å². The van der Waals surface area contributed by atoms with Crippen molar-refractivity contribution in [1.29, 1.82) is 0 Å². The van der Waals surface area contributed by atoms with Crippen molar-refractivity contribution in [3.63, 3.8) is 0 Å². The van der Waals surface area contributed by atoms with Gasteiger partial charge in [0, 0.05) is 30.4 Å². The highest BCUT2D eigenvalue weighted by Gasteiger charge is 2.24. The molecule has 0 saturated carbocycles. The molecule has 1 fully saturated rings. The molecule has 1 aromatic rings. The van der Waals surface area contributed by atoms with Gasteiger partial charge in [0.2, 0.25) is 0 Å². The molecule has 1 aliphatic rings. The number of piperidine rings is 1. The Hall–Kier alpha value is -1.55. The molecule has 2 rings (SSSR count). The zero-order valence-corrected chi connectivity index (χ0v) is 14.9. The van der Waals surface area contributed by atoms with Crippen LogP contribution in [0.25, 0.3) is 0 Å². The summed E-state index contributed by atoms with van der Waals surface area (Å²) in [4.78, 5) is 14.8. The molecule has 0 spiro atoms. The van der Waals surface area contributed by atoms with Crippen molar-refractivity contribution in [2.75, 3.05) is 25.0 Å². The van der Waals surface area contributed by atoms with Gasteiger partial charge in [-0.2, -0.15) is 0 Å². The smallest absolute Gasteiger partial charge is 0.254 e. The minimum Gasteiger partial charge on any atom is -0.382 e. The molecule has 1 amide bonds. The molecule has 128 valence electrons. The van der Waals surface area contributed by atoms with Crippen molar-refractivity contribution < 1.29 is 4.79 Å². The quantitative estimate of drug-likeness (QED) is 0.876. The van der Waals surface area contributed by atoms with Crippen LogP contribution < -0.4 is 11.1 Å². The maximum Gasteiger partial charge on any atom is 0.254 e. The fourth-order valence-corrected chi connectivity index (χ4v) is 2.98. The van der Waals surface area contributed by atoms with Gasteiger partial charge in [-0.1, -0.05) is 19.9 Å². The lowest BCUT2D eigenvalue weighted by molar-refractivity contribution is 0.0692. The van der Waals surface area contributed by atoms with E-state index >= 15 is 0 Å². The summed E-state index contributed by atoms with van der Waals surface area (Å²) in [6, 6.07) is 6.35. The molecule has 1 heterocycles. The van der Waals surface area contributed by atoms with E-state index < -0.39 is 0 Å². The fraction of sp³-hybridized carbons (Fsp3) is 0.632. The minimum atomic E-state index is 0.152. The van der Waals surface area contributed by atoms with E-state index in [1.165, 1.54) is 0 Å². The summed E-state index contributed by atoms with van der Waals surface area (Å²) in [5.41, 5.74) is 8.67. The number of nitrogens with two attached hydrogens (primary N) is 1. The van der Waals surface area contributed by atoms with Gasteiger partial charge in [0.15, 0.2) is 0 Å². The fourth-order valence-electron chi connectivity index (χ4n) is 2.98. The summed E-state index contributed by atoms with van der Waals surface area (Å²) in [5.74, 6) is 1.27. The van der Waals surface area contributed by atoms with E-state index in [1.54, 1.807) is 0 Å². The van der Waals surface area contributed by atoms with Crippen LogP contribution in [0.3, 0.4) is 0 Å². The Labute approximate surface area is 140 Å². The summed E-state index contributed by atoms with van der Waals surface area (Å²) >= 11 is 0. The Morgan fingerprint density at radius 1 is 1.30 bits per heavy atom. The van der Waals surface area contributed by atoms with E-state index in [0.717, 1.165) is 49.3 Å². The normalized spacial score (nSPS) is 17.4. The van der Waals surface area contributed by atoms with E-state index in [2.05, 4.69) is 32.2 Å². The summed E-state index contributed by atoms with van der Waals surface area (Å²) in [6.45, 7) is 11.0. The van der Waals surface area contributed by atoms with Crippen LogP contribution in [-0.2, 0) is 0 Å². The van der Waals surface area contributed by atoms with Crippen LogP contribution in [0.1, 0.15) is 49.5 Å². The number of benzene rings is 1. The standard InChI is InChI=1S/C19H31N3O/c1-13(2)15(4)21-18-7-5-6-17(14(18)3)19(23)22-10-8-16(12-20)9-11-22/h5-7,13,15-16,21H,8-12,20H2,1-4H3. The number of amides is 1. The number of hydrogen-bond acceptors (Lipinski definition) is 3. The van der Waals surface area contributed by atoms with Crippen molar-refractivity contribution in [1.82, 2.24) is 4.90 Å². The van der Waals surface area contributed by atoms with Crippen LogP contribution >= 0.6 is 0 Å². The van der Waals surface area contributed by atoms with Crippen molar-refractivity contribution in [3.05, 3.63) is 29.3 Å². The van der Waals surface area contributed by atoms with E-state index in [9.17, 15) is 4.79 Å². The van der Waals surface area contributed by atoms with E-state index in [0.29, 0.717) is 17.9 Å². The van der Waals surface area contributed by atoms with Crippen molar-refractivity contribution in [3.8, 4) is 0 Å². The average molecular weight is 317 g/mol. The Kier molecular flexibility index (Phi) is 6.05. The van der Waals surface area contributed by atoms with Gasteiger partial charge in [0.05, 0.1) is 0 Å². The number of carbonyl (C=O) groups is 1. The third-order valence-corrected chi connectivity index (χ3v) is 5.18. The molecule has 0 aliphatic carbocycles. The topological polar surface area (TPSA) is 58.4 Å². The van der Waals surface area contributed by atoms with Gasteiger partial charge < -0.3 is 16.0 Å². The Balaban J connectivity index is 2.12. The van der Waals surface area contributed by atoms with Gasteiger partial charge in [-0.3, -0.25) is 4.79 Å². The van der Waals surface area contributed by atoms with Crippen molar-refractivity contribution >= 4 is 11.6 Å². The van der Waals surface area contributed by atoms with E-state index in [4.69, 9.17) is 5.73 Å². The maximum atomic E-state index is 12.9. The van der Waals surface area contributed by atoms with E-state index in [-0.39, 0.29) is 5.91 Å². The van der Waals surface area contributed by atoms with Gasteiger partial charge >= 0.3 is 0 Å². The average Bonchev–Trinajstić information content (AvgIpc) is 2.56. The van der Waals surface area contributed by atoms with Gasteiger partial charge in [-0.25, -0.2) is 0 Å². The molecule has 1 aliphatic heterocycles. The van der Waals surface area contributed by atoms with E-state index in [1.807, 2.05) is 24.0 Å². The van der Waals surface area contributed by atoms with Crippen LogP contribution in [0.15, 0.2) is 18.2 Å². The van der Waals surface area contributed by atoms with Gasteiger partial charge in [0.1, 0.15) is 0 Å². The van der Waals surface area contributed by atoms with Crippen molar-refractivity contribution in [2.45, 2.75) is 46.6 Å². The van der Waals surface area contributed by atoms with Gasteiger partial charge in [-0.05, 0) is 62.8 Å². The molecule has 1 atom stereocenters. The molecule has 0 aromatic heterocycles. The number of anilines is 1. The molecule has 23 heavy (non-hydrogen) atoms. The highest BCUT2D eigenvalue weighted by Crippen LogP contribution is 2.24. The van der Waals surface area contributed by atoms with Crippen LogP contribution in [0.5, 0.6) is 0 Å². The number of rotatable bonds is 5. The first-order valence-electron chi connectivity index (χ1n) is 8.79. The number of carbonyl (C=O) groups excluding carboxylic acids is 1. The third kappa shape index (κ3) is 4.25. The predicted molar refractivity (Wildman–Crippen MR) is 96.8 cm³/mol. The van der Waals surface area contributed by atoms with Crippen LogP contribution in [0, 0.1) is 18.8 Å². The first-order valence-corrected chi connectivity index (χ1v) is 8.79. The third-order valence-electron chi connectivity index (χ3n) is 5.18. The second-order valence-electron chi connectivity index (χ2n) is 7.13. The first kappa shape index (κ1) is 17.8. The lowest BCUT2D eigenvalue weighted by atomic mass is 9.96. The zero-order chi connectivity index (χ0) is 17.0.